The first kappa shape index (κ1) is 27.3. The second kappa shape index (κ2) is 10.1. The summed E-state index contributed by atoms with van der Waals surface area (Å²) in [6.07, 6.45) is 6.25. The van der Waals surface area contributed by atoms with Gasteiger partial charge in [-0.3, -0.25) is 0 Å². The second-order valence-electron chi connectivity index (χ2n) is 12.8. The van der Waals surface area contributed by atoms with Gasteiger partial charge in [0.1, 0.15) is 0 Å². The molecule has 0 bridgehead atoms. The van der Waals surface area contributed by atoms with Gasteiger partial charge >= 0.3 is 0 Å². The molecule has 0 saturated heterocycles. The van der Waals surface area contributed by atoms with Crippen LogP contribution in [0.2, 0.25) is 0 Å². The van der Waals surface area contributed by atoms with Crippen molar-refractivity contribution in [2.24, 2.45) is 0 Å². The summed E-state index contributed by atoms with van der Waals surface area (Å²) < 4.78 is 0. The van der Waals surface area contributed by atoms with Crippen molar-refractivity contribution in [1.29, 1.82) is 0 Å². The lowest BCUT2D eigenvalue weighted by Gasteiger charge is -2.46. The molecule has 1 nitrogen and oxygen atoms in total. The van der Waals surface area contributed by atoms with Crippen LogP contribution in [0.15, 0.2) is 163 Å². The van der Waals surface area contributed by atoms with Crippen LogP contribution in [0.1, 0.15) is 43.0 Å². The Labute approximate surface area is 265 Å². The fraction of sp³-hybridized carbons (Fsp3) is 0.114. The summed E-state index contributed by atoms with van der Waals surface area (Å²) >= 11 is 0. The molecular weight excluding hydrogens is 542 g/mol. The summed E-state index contributed by atoms with van der Waals surface area (Å²) in [5.41, 5.74) is 15.8. The largest absolute Gasteiger partial charge is 0.248 e. The smallest absolute Gasteiger partial charge is 0.0715 e. The van der Waals surface area contributed by atoms with Gasteiger partial charge in [-0.1, -0.05) is 148 Å². The zero-order chi connectivity index (χ0) is 30.8. The normalized spacial score (nSPS) is 17.8. The number of aromatic nitrogens is 1. The van der Waals surface area contributed by atoms with E-state index >= 15 is 0 Å². The van der Waals surface area contributed by atoms with Crippen molar-refractivity contribution in [3.63, 3.8) is 0 Å². The Morgan fingerprint density at radius 3 is 2.07 bits per heavy atom. The fourth-order valence-electron chi connectivity index (χ4n) is 8.19. The van der Waals surface area contributed by atoms with Crippen molar-refractivity contribution < 1.29 is 0 Å². The lowest BCUT2D eigenvalue weighted by molar-refractivity contribution is 0.558. The Morgan fingerprint density at radius 2 is 1.27 bits per heavy atom. The maximum atomic E-state index is 5.07. The molecule has 2 aliphatic rings. The van der Waals surface area contributed by atoms with Gasteiger partial charge in [-0.25, -0.2) is 4.98 Å². The van der Waals surface area contributed by atoms with Crippen LogP contribution in [0.25, 0.3) is 44.4 Å². The zero-order valence-electron chi connectivity index (χ0n) is 26.0. The van der Waals surface area contributed by atoms with Crippen molar-refractivity contribution in [3.8, 4) is 33.5 Å². The van der Waals surface area contributed by atoms with E-state index in [0.717, 1.165) is 22.2 Å². The summed E-state index contributed by atoms with van der Waals surface area (Å²) in [6.45, 7) is 11.1. The van der Waals surface area contributed by atoms with E-state index in [1.807, 2.05) is 6.08 Å². The maximum absolute atomic E-state index is 5.07. The van der Waals surface area contributed by atoms with Gasteiger partial charge in [0.05, 0.1) is 16.6 Å². The molecule has 0 radical (unpaired) electrons. The molecule has 1 unspecified atom stereocenters. The first-order valence-corrected chi connectivity index (χ1v) is 15.8. The molecule has 2 aliphatic carbocycles. The summed E-state index contributed by atoms with van der Waals surface area (Å²) in [7, 11) is 0. The number of hydrogen-bond acceptors (Lipinski definition) is 1. The Morgan fingerprint density at radius 1 is 0.600 bits per heavy atom. The van der Waals surface area contributed by atoms with E-state index in [2.05, 4.69) is 167 Å². The molecule has 0 aliphatic heterocycles. The highest BCUT2D eigenvalue weighted by Gasteiger charge is 2.52. The number of hydrogen-bond donors (Lipinski definition) is 0. The average molecular weight is 578 g/mol. The Kier molecular flexibility index (Phi) is 6.15. The molecule has 8 rings (SSSR count). The molecule has 0 amide bonds. The molecule has 0 N–H and O–H groups in total. The second-order valence-corrected chi connectivity index (χ2v) is 12.8. The number of nitrogens with zero attached hydrogens (tertiary/aromatic N) is 1. The van der Waals surface area contributed by atoms with Crippen LogP contribution in [0.4, 0.5) is 0 Å². The Hall–Kier alpha value is -5.27. The summed E-state index contributed by atoms with van der Waals surface area (Å²) in [5.74, 6) is 0. The van der Waals surface area contributed by atoms with Crippen molar-refractivity contribution in [1.82, 2.24) is 4.98 Å². The van der Waals surface area contributed by atoms with Gasteiger partial charge in [-0.2, -0.15) is 0 Å². The van der Waals surface area contributed by atoms with Gasteiger partial charge in [0.25, 0.3) is 0 Å². The first-order valence-electron chi connectivity index (χ1n) is 15.8. The third-order valence-corrected chi connectivity index (χ3v) is 10.2. The molecule has 0 fully saturated rings. The van der Waals surface area contributed by atoms with E-state index in [4.69, 9.17) is 4.98 Å². The van der Waals surface area contributed by atoms with E-state index in [1.165, 1.54) is 55.7 Å². The monoisotopic (exact) mass is 577 g/mol. The Balaban J connectivity index is 1.43. The van der Waals surface area contributed by atoms with Crippen LogP contribution in [-0.2, 0) is 10.8 Å². The van der Waals surface area contributed by atoms with Crippen molar-refractivity contribution in [3.05, 3.63) is 186 Å². The molecule has 1 aromatic heterocycles. The number of rotatable bonds is 4. The molecule has 1 heterocycles. The molecule has 1 heteroatoms. The van der Waals surface area contributed by atoms with Gasteiger partial charge in [0.15, 0.2) is 0 Å². The molecule has 5 aromatic carbocycles. The number of allylic oxidation sites excluding steroid dienone is 5. The van der Waals surface area contributed by atoms with Crippen LogP contribution in [0.5, 0.6) is 0 Å². The molecule has 45 heavy (non-hydrogen) atoms. The topological polar surface area (TPSA) is 12.9 Å². The standard InChI is InChI=1S/C44H35N/c1-5-6-20-36-29(2)44(40-23-14-13-22-39(40)43(36,3)4)37-21-12-10-18-32(37)35-27-31(25-26-38(35)44)34-28-42(30-16-8-7-9-17-30)45-41-24-15-11-19-33(34)41/h5-28H,1H2,2-4H3/b20-6-. The zero-order valence-corrected chi connectivity index (χ0v) is 26.0. The molecular formula is C44H35N. The minimum absolute atomic E-state index is 0.146. The predicted octanol–water partition coefficient (Wildman–Crippen LogP) is 11.2. The van der Waals surface area contributed by atoms with Crippen LogP contribution >= 0.6 is 0 Å². The van der Waals surface area contributed by atoms with Crippen LogP contribution in [0, 0.1) is 0 Å². The van der Waals surface area contributed by atoms with E-state index in [9.17, 15) is 0 Å². The Bertz CT molecular complexity index is 2210. The third kappa shape index (κ3) is 3.83. The maximum Gasteiger partial charge on any atom is 0.0715 e. The van der Waals surface area contributed by atoms with Gasteiger partial charge in [-0.05, 0) is 80.8 Å². The minimum atomic E-state index is -0.382. The molecule has 1 spiro atoms. The number of fused-ring (bicyclic) bond motifs is 8. The van der Waals surface area contributed by atoms with Gasteiger partial charge < -0.3 is 0 Å². The molecule has 6 aromatic rings. The predicted molar refractivity (Wildman–Crippen MR) is 189 cm³/mol. The van der Waals surface area contributed by atoms with Crippen molar-refractivity contribution in [2.75, 3.05) is 0 Å². The fourth-order valence-corrected chi connectivity index (χ4v) is 8.19. The quantitative estimate of drug-likeness (QED) is 0.190. The van der Waals surface area contributed by atoms with E-state index < -0.39 is 0 Å². The van der Waals surface area contributed by atoms with Gasteiger partial charge in [0.2, 0.25) is 0 Å². The van der Waals surface area contributed by atoms with Crippen LogP contribution < -0.4 is 0 Å². The van der Waals surface area contributed by atoms with E-state index in [1.54, 1.807) is 0 Å². The summed E-state index contributed by atoms with van der Waals surface area (Å²) in [4.78, 5) is 5.07. The summed E-state index contributed by atoms with van der Waals surface area (Å²) in [6, 6.07) is 46.5. The number of pyridine rings is 1. The highest BCUT2D eigenvalue weighted by molar-refractivity contribution is 5.99. The van der Waals surface area contributed by atoms with Gasteiger partial charge in [0, 0.05) is 16.4 Å². The highest BCUT2D eigenvalue weighted by Crippen LogP contribution is 2.62. The average Bonchev–Trinajstić information content (AvgIpc) is 3.38. The van der Waals surface area contributed by atoms with E-state index in [-0.39, 0.29) is 10.8 Å². The van der Waals surface area contributed by atoms with Gasteiger partial charge in [-0.15, -0.1) is 0 Å². The lowest BCUT2D eigenvalue weighted by atomic mass is 9.56. The molecule has 216 valence electrons. The summed E-state index contributed by atoms with van der Waals surface area (Å²) in [5, 5.41) is 1.16. The van der Waals surface area contributed by atoms with Crippen LogP contribution in [0.3, 0.4) is 0 Å². The first-order chi connectivity index (χ1) is 22.0. The number of benzene rings is 5. The van der Waals surface area contributed by atoms with E-state index in [0.29, 0.717) is 0 Å². The van der Waals surface area contributed by atoms with Crippen LogP contribution in [-0.4, -0.2) is 4.98 Å². The SMILES string of the molecule is C=C/C=C\C1=C(C)C2(c3ccccc3-c3cc(-c4cc(-c5ccccc5)nc5ccccc45)ccc32)c2ccccc2C1(C)C. The van der Waals surface area contributed by atoms with Crippen molar-refractivity contribution >= 4 is 10.9 Å². The highest BCUT2D eigenvalue weighted by atomic mass is 14.7. The molecule has 0 saturated carbocycles. The van der Waals surface area contributed by atoms with Crippen molar-refractivity contribution in [2.45, 2.75) is 31.6 Å². The minimum Gasteiger partial charge on any atom is -0.248 e. The number of para-hydroxylation sites is 1. The molecule has 1 atom stereocenters. The lowest BCUT2D eigenvalue weighted by Crippen LogP contribution is -2.40. The third-order valence-electron chi connectivity index (χ3n) is 10.2.